The fraction of sp³-hybridized carbons (Fsp3) is 0.350. The maximum absolute atomic E-state index is 12.2. The van der Waals surface area contributed by atoms with Crippen molar-refractivity contribution < 1.29 is 19.4 Å². The monoisotopic (exact) mass is 341 g/mol. The summed E-state index contributed by atoms with van der Waals surface area (Å²) >= 11 is 0. The normalized spacial score (nSPS) is 19.7. The van der Waals surface area contributed by atoms with Gasteiger partial charge in [0.25, 0.3) is 0 Å². The number of nitrogens with zero attached hydrogens (tertiary/aromatic N) is 1. The molecule has 5 nitrogen and oxygen atoms in total. The van der Waals surface area contributed by atoms with Gasteiger partial charge in [-0.3, -0.25) is 4.57 Å². The maximum atomic E-state index is 12.2. The minimum Gasteiger partial charge on any atom is -0.508 e. The summed E-state index contributed by atoms with van der Waals surface area (Å²) in [7, 11) is 0. The Kier molecular flexibility index (Phi) is 4.68. The minimum absolute atomic E-state index is 0.0297. The lowest BCUT2D eigenvalue weighted by atomic mass is 9.84. The van der Waals surface area contributed by atoms with Gasteiger partial charge in [0.1, 0.15) is 11.4 Å². The van der Waals surface area contributed by atoms with E-state index < -0.39 is 11.7 Å². The molecule has 0 amide bonds. The number of aromatic hydroxyl groups is 1. The second kappa shape index (κ2) is 6.76. The molecule has 0 spiro atoms. The van der Waals surface area contributed by atoms with Crippen molar-refractivity contribution in [3.63, 3.8) is 0 Å². The van der Waals surface area contributed by atoms with E-state index in [1.807, 2.05) is 44.2 Å². The summed E-state index contributed by atoms with van der Waals surface area (Å²) in [4.78, 5) is 12.2. The predicted octanol–water partition coefficient (Wildman–Crippen LogP) is 4.49. The Morgan fingerprint density at radius 3 is 2.76 bits per heavy atom. The topological polar surface area (TPSA) is 60.7 Å². The summed E-state index contributed by atoms with van der Waals surface area (Å²) in [6, 6.07) is 5.14. The molecule has 1 unspecified atom stereocenters. The molecule has 0 radical (unpaired) electrons. The SMILES string of the molecule is CCOC(=O)n1ccc2c(C3(OC(C)C)C=CC=CC3)c(O)ccc21. The van der Waals surface area contributed by atoms with E-state index in [1.165, 1.54) is 4.57 Å². The summed E-state index contributed by atoms with van der Waals surface area (Å²) < 4.78 is 12.8. The fourth-order valence-electron chi connectivity index (χ4n) is 3.36. The molecule has 1 aliphatic rings. The number of rotatable bonds is 4. The maximum Gasteiger partial charge on any atom is 0.418 e. The van der Waals surface area contributed by atoms with Crippen LogP contribution in [0.15, 0.2) is 48.7 Å². The van der Waals surface area contributed by atoms with Gasteiger partial charge in [-0.05, 0) is 45.0 Å². The molecule has 1 atom stereocenters. The molecule has 0 fully saturated rings. The Bertz CT molecular complexity index is 847. The number of benzene rings is 1. The highest BCUT2D eigenvalue weighted by Crippen LogP contribution is 2.44. The molecular formula is C20H23NO4. The molecule has 1 N–H and O–H groups in total. The van der Waals surface area contributed by atoms with E-state index in [0.29, 0.717) is 24.1 Å². The molecule has 0 saturated heterocycles. The molecule has 1 aliphatic carbocycles. The highest BCUT2D eigenvalue weighted by Gasteiger charge is 2.36. The third kappa shape index (κ3) is 3.07. The van der Waals surface area contributed by atoms with Crippen LogP contribution < -0.4 is 0 Å². The number of phenols is 1. The zero-order valence-electron chi connectivity index (χ0n) is 14.7. The average Bonchev–Trinajstić information content (AvgIpc) is 2.98. The van der Waals surface area contributed by atoms with Gasteiger partial charge in [0, 0.05) is 23.6 Å². The van der Waals surface area contributed by atoms with E-state index >= 15 is 0 Å². The van der Waals surface area contributed by atoms with Gasteiger partial charge in [-0.1, -0.05) is 18.2 Å². The molecule has 0 aliphatic heterocycles. The van der Waals surface area contributed by atoms with Crippen LogP contribution in [0.1, 0.15) is 32.8 Å². The van der Waals surface area contributed by atoms with Crippen molar-refractivity contribution in [2.24, 2.45) is 0 Å². The average molecular weight is 341 g/mol. The number of aromatic nitrogens is 1. The molecule has 25 heavy (non-hydrogen) atoms. The van der Waals surface area contributed by atoms with Gasteiger partial charge in [-0.25, -0.2) is 4.79 Å². The molecule has 5 heteroatoms. The van der Waals surface area contributed by atoms with Crippen LogP contribution in [-0.2, 0) is 15.1 Å². The number of carbonyl (C=O) groups is 1. The first kappa shape index (κ1) is 17.3. The fourth-order valence-corrected chi connectivity index (χ4v) is 3.36. The van der Waals surface area contributed by atoms with Gasteiger partial charge in [-0.15, -0.1) is 0 Å². The smallest absolute Gasteiger partial charge is 0.418 e. The molecular weight excluding hydrogens is 318 g/mol. The van der Waals surface area contributed by atoms with Crippen LogP contribution in [0.3, 0.4) is 0 Å². The quantitative estimate of drug-likeness (QED) is 0.890. The third-order valence-corrected chi connectivity index (χ3v) is 4.22. The number of ether oxygens (including phenoxy) is 2. The van der Waals surface area contributed by atoms with Gasteiger partial charge in [0.2, 0.25) is 0 Å². The van der Waals surface area contributed by atoms with Crippen molar-refractivity contribution in [3.8, 4) is 5.75 Å². The lowest BCUT2D eigenvalue weighted by Gasteiger charge is -2.35. The van der Waals surface area contributed by atoms with E-state index in [9.17, 15) is 9.90 Å². The van der Waals surface area contributed by atoms with E-state index in [4.69, 9.17) is 9.47 Å². The summed E-state index contributed by atoms with van der Waals surface area (Å²) in [6.07, 6.45) is 9.67. The number of carbonyl (C=O) groups excluding carboxylic acids is 1. The summed E-state index contributed by atoms with van der Waals surface area (Å²) in [5.41, 5.74) is 0.580. The number of phenolic OH excluding ortho intramolecular Hbond substituents is 1. The van der Waals surface area contributed by atoms with E-state index in [0.717, 1.165) is 5.39 Å². The van der Waals surface area contributed by atoms with Gasteiger partial charge < -0.3 is 14.6 Å². The predicted molar refractivity (Wildman–Crippen MR) is 96.8 cm³/mol. The first-order valence-corrected chi connectivity index (χ1v) is 8.51. The number of fused-ring (bicyclic) bond motifs is 1. The lowest BCUT2D eigenvalue weighted by Crippen LogP contribution is -2.31. The number of allylic oxidation sites excluding steroid dienone is 2. The van der Waals surface area contributed by atoms with Crippen molar-refractivity contribution in [1.82, 2.24) is 4.57 Å². The van der Waals surface area contributed by atoms with E-state index in [1.54, 1.807) is 25.3 Å². The summed E-state index contributed by atoms with van der Waals surface area (Å²) in [6.45, 7) is 6.01. The molecule has 1 aromatic heterocycles. The molecule has 0 bridgehead atoms. The van der Waals surface area contributed by atoms with Crippen molar-refractivity contribution in [2.75, 3.05) is 6.61 Å². The number of hydrogen-bond donors (Lipinski definition) is 1. The first-order valence-electron chi connectivity index (χ1n) is 8.51. The molecule has 3 rings (SSSR count). The van der Waals surface area contributed by atoms with Crippen LogP contribution in [0.2, 0.25) is 0 Å². The highest BCUT2D eigenvalue weighted by molar-refractivity contribution is 5.93. The van der Waals surface area contributed by atoms with Crippen LogP contribution in [0.5, 0.6) is 5.75 Å². The Morgan fingerprint density at radius 1 is 1.32 bits per heavy atom. The zero-order chi connectivity index (χ0) is 18.0. The molecule has 1 aromatic carbocycles. The first-order chi connectivity index (χ1) is 12.0. The molecule has 2 aromatic rings. The van der Waals surface area contributed by atoms with Crippen LogP contribution in [0, 0.1) is 0 Å². The van der Waals surface area contributed by atoms with Crippen molar-refractivity contribution in [3.05, 3.63) is 54.3 Å². The standard InChI is InChI=1S/C20H23NO4/c1-4-24-19(23)21-13-10-15-16(21)8-9-17(22)18(15)20(25-14(2)3)11-6-5-7-12-20/h5-11,13-14,22H,4,12H2,1-3H3. The Labute approximate surface area is 147 Å². The summed E-state index contributed by atoms with van der Waals surface area (Å²) in [5.74, 6) is 0.148. The van der Waals surface area contributed by atoms with Gasteiger partial charge in [0.05, 0.1) is 18.2 Å². The second-order valence-corrected chi connectivity index (χ2v) is 6.32. The highest BCUT2D eigenvalue weighted by atomic mass is 16.5. The zero-order valence-corrected chi connectivity index (χ0v) is 14.7. The van der Waals surface area contributed by atoms with E-state index in [-0.39, 0.29) is 11.9 Å². The van der Waals surface area contributed by atoms with Crippen LogP contribution in [0.4, 0.5) is 4.79 Å². The summed E-state index contributed by atoms with van der Waals surface area (Å²) in [5, 5.41) is 11.4. The Hall–Kier alpha value is -2.53. The van der Waals surface area contributed by atoms with Crippen LogP contribution in [-0.4, -0.2) is 28.5 Å². The van der Waals surface area contributed by atoms with Crippen molar-refractivity contribution in [1.29, 1.82) is 0 Å². The molecule has 0 saturated carbocycles. The minimum atomic E-state index is -0.770. The number of hydrogen-bond acceptors (Lipinski definition) is 4. The van der Waals surface area contributed by atoms with Crippen molar-refractivity contribution in [2.45, 2.75) is 38.9 Å². The Balaban J connectivity index is 2.20. The van der Waals surface area contributed by atoms with Crippen LogP contribution in [0.25, 0.3) is 10.9 Å². The second-order valence-electron chi connectivity index (χ2n) is 6.32. The lowest BCUT2D eigenvalue weighted by molar-refractivity contribution is -0.0506. The van der Waals surface area contributed by atoms with Crippen LogP contribution >= 0.6 is 0 Å². The third-order valence-electron chi connectivity index (χ3n) is 4.22. The Morgan fingerprint density at radius 2 is 2.12 bits per heavy atom. The largest absolute Gasteiger partial charge is 0.508 e. The molecule has 132 valence electrons. The molecule has 1 heterocycles. The van der Waals surface area contributed by atoms with Gasteiger partial charge in [0.15, 0.2) is 0 Å². The van der Waals surface area contributed by atoms with E-state index in [2.05, 4.69) is 0 Å². The van der Waals surface area contributed by atoms with Crippen molar-refractivity contribution >= 4 is 17.0 Å². The van der Waals surface area contributed by atoms with Gasteiger partial charge in [-0.2, -0.15) is 0 Å². The van der Waals surface area contributed by atoms with Gasteiger partial charge >= 0.3 is 6.09 Å².